The number of alkyl halides is 1. The van der Waals surface area contributed by atoms with Crippen LogP contribution in [0.5, 0.6) is 0 Å². The lowest BCUT2D eigenvalue weighted by Crippen LogP contribution is -2.25. The number of aryl methyl sites for hydroxylation is 2. The van der Waals surface area contributed by atoms with Crippen LogP contribution in [0.2, 0.25) is 0 Å². The summed E-state index contributed by atoms with van der Waals surface area (Å²) >= 11 is 5.81. The van der Waals surface area contributed by atoms with Gasteiger partial charge in [0.1, 0.15) is 0 Å². The van der Waals surface area contributed by atoms with E-state index in [9.17, 15) is 4.79 Å². The fourth-order valence-corrected chi connectivity index (χ4v) is 2.38. The first-order valence-corrected chi connectivity index (χ1v) is 6.29. The van der Waals surface area contributed by atoms with Gasteiger partial charge in [0.25, 0.3) is 0 Å². The van der Waals surface area contributed by atoms with Gasteiger partial charge in [0, 0.05) is 18.8 Å². The molecule has 1 atom stereocenters. The molecule has 1 aromatic carbocycles. The third kappa shape index (κ3) is 2.25. The molecule has 1 heterocycles. The largest absolute Gasteiger partial charge is 0.397 e. The van der Waals surface area contributed by atoms with Crippen LogP contribution in [-0.2, 0) is 4.79 Å². The van der Waals surface area contributed by atoms with Crippen molar-refractivity contribution in [2.24, 2.45) is 5.92 Å². The standard InChI is InChI=1S/C13H17ClN2O/c1-8-3-11(15)12(4-9(8)2)16-7-10(6-14)5-13(16)17/h3-4,10H,5-7,15H2,1-2H3. The number of carbonyl (C=O) groups excluding carboxylic acids is 1. The van der Waals surface area contributed by atoms with Gasteiger partial charge in [0.05, 0.1) is 11.4 Å². The van der Waals surface area contributed by atoms with Gasteiger partial charge in [0.15, 0.2) is 0 Å². The Morgan fingerprint density at radius 3 is 2.65 bits per heavy atom. The molecular weight excluding hydrogens is 236 g/mol. The van der Waals surface area contributed by atoms with Gasteiger partial charge in [-0.25, -0.2) is 0 Å². The maximum Gasteiger partial charge on any atom is 0.227 e. The third-order valence-corrected chi connectivity index (χ3v) is 3.79. The number of rotatable bonds is 2. The van der Waals surface area contributed by atoms with Crippen molar-refractivity contribution in [3.63, 3.8) is 0 Å². The highest BCUT2D eigenvalue weighted by atomic mass is 35.5. The molecule has 0 spiro atoms. The Morgan fingerprint density at radius 2 is 2.06 bits per heavy atom. The molecule has 92 valence electrons. The molecule has 0 aliphatic carbocycles. The van der Waals surface area contributed by atoms with Crippen LogP contribution in [0.25, 0.3) is 0 Å². The Morgan fingerprint density at radius 1 is 1.41 bits per heavy atom. The topological polar surface area (TPSA) is 46.3 Å². The number of hydrogen-bond donors (Lipinski definition) is 1. The van der Waals surface area contributed by atoms with E-state index in [-0.39, 0.29) is 11.8 Å². The van der Waals surface area contributed by atoms with Gasteiger partial charge >= 0.3 is 0 Å². The first kappa shape index (κ1) is 12.2. The predicted molar refractivity (Wildman–Crippen MR) is 71.5 cm³/mol. The number of carbonyl (C=O) groups is 1. The monoisotopic (exact) mass is 252 g/mol. The highest BCUT2D eigenvalue weighted by Gasteiger charge is 2.31. The summed E-state index contributed by atoms with van der Waals surface area (Å²) in [5.74, 6) is 0.878. The lowest BCUT2D eigenvalue weighted by molar-refractivity contribution is -0.117. The highest BCUT2D eigenvalue weighted by molar-refractivity contribution is 6.18. The van der Waals surface area contributed by atoms with Gasteiger partial charge in [-0.2, -0.15) is 0 Å². The molecule has 3 nitrogen and oxygen atoms in total. The minimum Gasteiger partial charge on any atom is -0.397 e. The number of benzene rings is 1. The summed E-state index contributed by atoms with van der Waals surface area (Å²) < 4.78 is 0. The summed E-state index contributed by atoms with van der Waals surface area (Å²) in [7, 11) is 0. The van der Waals surface area contributed by atoms with Crippen LogP contribution < -0.4 is 10.6 Å². The van der Waals surface area contributed by atoms with Crippen molar-refractivity contribution < 1.29 is 4.79 Å². The number of hydrogen-bond acceptors (Lipinski definition) is 2. The minimum absolute atomic E-state index is 0.116. The maximum absolute atomic E-state index is 11.9. The zero-order valence-corrected chi connectivity index (χ0v) is 10.9. The van der Waals surface area contributed by atoms with E-state index in [1.807, 2.05) is 26.0 Å². The predicted octanol–water partition coefficient (Wildman–Crippen LogP) is 2.48. The molecule has 2 N–H and O–H groups in total. The molecule has 0 bridgehead atoms. The van der Waals surface area contributed by atoms with Crippen molar-refractivity contribution in [1.29, 1.82) is 0 Å². The van der Waals surface area contributed by atoms with Crippen LogP contribution in [0.3, 0.4) is 0 Å². The molecule has 2 rings (SSSR count). The van der Waals surface area contributed by atoms with E-state index >= 15 is 0 Å². The number of amides is 1. The van der Waals surface area contributed by atoms with Crippen molar-refractivity contribution in [2.45, 2.75) is 20.3 Å². The number of nitrogens with zero attached hydrogens (tertiary/aromatic N) is 1. The van der Waals surface area contributed by atoms with E-state index in [0.717, 1.165) is 16.8 Å². The Balaban J connectivity index is 2.35. The fourth-order valence-electron chi connectivity index (χ4n) is 2.17. The lowest BCUT2D eigenvalue weighted by atomic mass is 10.1. The van der Waals surface area contributed by atoms with Gasteiger partial charge in [0.2, 0.25) is 5.91 Å². The minimum atomic E-state index is 0.116. The van der Waals surface area contributed by atoms with Crippen LogP contribution in [0.15, 0.2) is 12.1 Å². The van der Waals surface area contributed by atoms with E-state index in [1.54, 1.807) is 4.90 Å². The van der Waals surface area contributed by atoms with Crippen LogP contribution >= 0.6 is 11.6 Å². The van der Waals surface area contributed by atoms with E-state index in [0.29, 0.717) is 24.5 Å². The van der Waals surface area contributed by atoms with Crippen molar-refractivity contribution in [1.82, 2.24) is 0 Å². The van der Waals surface area contributed by atoms with E-state index in [1.165, 1.54) is 0 Å². The molecule has 1 unspecified atom stereocenters. The van der Waals surface area contributed by atoms with E-state index in [4.69, 9.17) is 17.3 Å². The summed E-state index contributed by atoms with van der Waals surface area (Å²) in [4.78, 5) is 13.7. The maximum atomic E-state index is 11.9. The Kier molecular flexibility index (Phi) is 3.29. The summed E-state index contributed by atoms with van der Waals surface area (Å²) in [5, 5.41) is 0. The Hall–Kier alpha value is -1.22. The first-order valence-electron chi connectivity index (χ1n) is 5.76. The Labute approximate surface area is 107 Å². The molecule has 0 radical (unpaired) electrons. The molecule has 1 aromatic rings. The van der Waals surface area contributed by atoms with Crippen molar-refractivity contribution >= 4 is 28.9 Å². The van der Waals surface area contributed by atoms with E-state index in [2.05, 4.69) is 0 Å². The van der Waals surface area contributed by atoms with Crippen molar-refractivity contribution in [3.05, 3.63) is 23.3 Å². The van der Waals surface area contributed by atoms with E-state index < -0.39 is 0 Å². The van der Waals surface area contributed by atoms with Crippen molar-refractivity contribution in [2.75, 3.05) is 23.1 Å². The number of anilines is 2. The molecule has 1 aliphatic heterocycles. The molecule has 1 amide bonds. The fraction of sp³-hybridized carbons (Fsp3) is 0.462. The molecule has 17 heavy (non-hydrogen) atoms. The molecule has 1 fully saturated rings. The number of nitrogens with two attached hydrogens (primary N) is 1. The molecule has 0 aromatic heterocycles. The van der Waals surface area contributed by atoms with Crippen molar-refractivity contribution in [3.8, 4) is 0 Å². The highest BCUT2D eigenvalue weighted by Crippen LogP contribution is 2.32. The molecule has 4 heteroatoms. The SMILES string of the molecule is Cc1cc(N)c(N2CC(CCl)CC2=O)cc1C. The second kappa shape index (κ2) is 4.57. The molecule has 0 saturated carbocycles. The quantitative estimate of drug-likeness (QED) is 0.649. The van der Waals surface area contributed by atoms with Gasteiger partial charge in [-0.3, -0.25) is 4.79 Å². The van der Waals surface area contributed by atoms with Crippen LogP contribution in [0.1, 0.15) is 17.5 Å². The number of halogens is 1. The smallest absolute Gasteiger partial charge is 0.227 e. The first-order chi connectivity index (χ1) is 8.02. The normalized spacial score (nSPS) is 20.1. The van der Waals surface area contributed by atoms with Crippen LogP contribution in [0.4, 0.5) is 11.4 Å². The summed E-state index contributed by atoms with van der Waals surface area (Å²) in [6.07, 6.45) is 0.524. The second-order valence-corrected chi connectivity index (χ2v) is 5.03. The second-order valence-electron chi connectivity index (χ2n) is 4.72. The number of nitrogen functional groups attached to an aromatic ring is 1. The van der Waals surface area contributed by atoms with Gasteiger partial charge in [-0.05, 0) is 43.0 Å². The molecule has 1 aliphatic rings. The zero-order chi connectivity index (χ0) is 12.6. The summed E-state index contributed by atoms with van der Waals surface area (Å²) in [5.41, 5.74) is 9.78. The summed E-state index contributed by atoms with van der Waals surface area (Å²) in [6.45, 7) is 4.72. The zero-order valence-electron chi connectivity index (χ0n) is 10.2. The summed E-state index contributed by atoms with van der Waals surface area (Å²) in [6, 6.07) is 3.91. The van der Waals surface area contributed by atoms with Gasteiger partial charge < -0.3 is 10.6 Å². The van der Waals surface area contributed by atoms with Gasteiger partial charge in [-0.15, -0.1) is 11.6 Å². The van der Waals surface area contributed by atoms with Gasteiger partial charge in [-0.1, -0.05) is 0 Å². The molecule has 1 saturated heterocycles. The van der Waals surface area contributed by atoms with Crippen LogP contribution in [-0.4, -0.2) is 18.3 Å². The lowest BCUT2D eigenvalue weighted by Gasteiger charge is -2.20. The average molecular weight is 253 g/mol. The average Bonchev–Trinajstić information content (AvgIpc) is 2.65. The third-order valence-electron chi connectivity index (χ3n) is 3.36. The Bertz CT molecular complexity index is 459. The van der Waals surface area contributed by atoms with Crippen LogP contribution in [0, 0.1) is 19.8 Å². The molecular formula is C13H17ClN2O.